The number of methoxy groups -OCH3 is 2. The third-order valence-electron chi connectivity index (χ3n) is 5.80. The summed E-state index contributed by atoms with van der Waals surface area (Å²) in [5.41, 5.74) is 8.50. The van der Waals surface area contributed by atoms with E-state index in [-0.39, 0.29) is 12.0 Å². The van der Waals surface area contributed by atoms with E-state index in [2.05, 4.69) is 24.8 Å². The van der Waals surface area contributed by atoms with Crippen LogP contribution in [0.25, 0.3) is 21.9 Å². The summed E-state index contributed by atoms with van der Waals surface area (Å²) in [6.45, 7) is 1.82. The van der Waals surface area contributed by atoms with Gasteiger partial charge >= 0.3 is 0 Å². The van der Waals surface area contributed by atoms with Crippen LogP contribution in [0.3, 0.4) is 0 Å². The number of fused-ring (bicyclic) bond motifs is 2. The SMILES string of the molecule is COc1cc2ncnc(N3CC(CN)C(Oc4cnc5ccccc5n4)C3)c2cc1OC. The van der Waals surface area contributed by atoms with Gasteiger partial charge in [-0.2, -0.15) is 0 Å². The first kappa shape index (κ1) is 20.2. The summed E-state index contributed by atoms with van der Waals surface area (Å²) in [4.78, 5) is 20.2. The highest BCUT2D eigenvalue weighted by molar-refractivity contribution is 5.92. The maximum Gasteiger partial charge on any atom is 0.233 e. The van der Waals surface area contributed by atoms with Gasteiger partial charge in [0.25, 0.3) is 0 Å². The van der Waals surface area contributed by atoms with Gasteiger partial charge in [-0.15, -0.1) is 0 Å². The minimum atomic E-state index is -0.138. The molecule has 2 atom stereocenters. The molecule has 0 bridgehead atoms. The van der Waals surface area contributed by atoms with Crippen LogP contribution in [0.2, 0.25) is 0 Å². The molecule has 9 nitrogen and oxygen atoms in total. The number of benzene rings is 2. The van der Waals surface area contributed by atoms with Crippen molar-refractivity contribution < 1.29 is 14.2 Å². The van der Waals surface area contributed by atoms with Gasteiger partial charge in [0.2, 0.25) is 5.88 Å². The second kappa shape index (κ2) is 8.43. The number of aromatic nitrogens is 4. The molecule has 0 aliphatic carbocycles. The summed E-state index contributed by atoms with van der Waals surface area (Å²) in [5.74, 6) is 2.68. The van der Waals surface area contributed by atoms with Crippen molar-refractivity contribution in [1.29, 1.82) is 0 Å². The van der Waals surface area contributed by atoms with Gasteiger partial charge in [-0.1, -0.05) is 12.1 Å². The van der Waals surface area contributed by atoms with Crippen molar-refractivity contribution in [3.05, 3.63) is 48.9 Å². The summed E-state index contributed by atoms with van der Waals surface area (Å²) in [6.07, 6.45) is 3.08. The first-order valence-corrected chi connectivity index (χ1v) is 10.4. The van der Waals surface area contributed by atoms with E-state index in [0.717, 1.165) is 27.8 Å². The smallest absolute Gasteiger partial charge is 0.233 e. The predicted octanol–water partition coefficient (Wildman–Crippen LogP) is 2.43. The minimum Gasteiger partial charge on any atom is -0.493 e. The molecule has 1 fully saturated rings. The van der Waals surface area contributed by atoms with Crippen LogP contribution in [0.5, 0.6) is 17.4 Å². The molecule has 5 rings (SSSR count). The van der Waals surface area contributed by atoms with Gasteiger partial charge in [-0.3, -0.25) is 0 Å². The van der Waals surface area contributed by atoms with Gasteiger partial charge in [0, 0.05) is 30.5 Å². The van der Waals surface area contributed by atoms with Gasteiger partial charge in [-0.25, -0.2) is 19.9 Å². The van der Waals surface area contributed by atoms with Crippen molar-refractivity contribution in [1.82, 2.24) is 19.9 Å². The zero-order valence-corrected chi connectivity index (χ0v) is 17.9. The van der Waals surface area contributed by atoms with E-state index >= 15 is 0 Å². The fourth-order valence-electron chi connectivity index (χ4n) is 4.15. The van der Waals surface area contributed by atoms with E-state index in [1.165, 1.54) is 0 Å². The van der Waals surface area contributed by atoms with Crippen molar-refractivity contribution in [2.45, 2.75) is 6.10 Å². The monoisotopic (exact) mass is 432 g/mol. The second-order valence-corrected chi connectivity index (χ2v) is 7.68. The molecule has 1 aliphatic heterocycles. The van der Waals surface area contributed by atoms with Crippen molar-refractivity contribution in [3.8, 4) is 17.4 Å². The number of anilines is 1. The highest BCUT2D eigenvalue weighted by atomic mass is 16.5. The normalized spacial score (nSPS) is 18.3. The molecule has 0 radical (unpaired) electrons. The lowest BCUT2D eigenvalue weighted by atomic mass is 10.1. The van der Waals surface area contributed by atoms with E-state index in [0.29, 0.717) is 37.0 Å². The molecule has 2 N–H and O–H groups in total. The van der Waals surface area contributed by atoms with E-state index in [1.54, 1.807) is 26.7 Å². The number of ether oxygens (including phenoxy) is 3. The zero-order chi connectivity index (χ0) is 22.1. The molecule has 0 saturated carbocycles. The molecule has 164 valence electrons. The molecule has 1 saturated heterocycles. The largest absolute Gasteiger partial charge is 0.493 e. The number of hydrogen-bond donors (Lipinski definition) is 1. The van der Waals surface area contributed by atoms with Gasteiger partial charge in [0.05, 0.1) is 43.5 Å². The van der Waals surface area contributed by atoms with Crippen molar-refractivity contribution in [2.75, 3.05) is 38.8 Å². The van der Waals surface area contributed by atoms with Crippen LogP contribution in [-0.4, -0.2) is 59.9 Å². The van der Waals surface area contributed by atoms with Crippen LogP contribution in [0, 0.1) is 5.92 Å². The second-order valence-electron chi connectivity index (χ2n) is 7.68. The maximum absolute atomic E-state index is 6.25. The molecule has 1 aliphatic rings. The molecule has 2 aromatic carbocycles. The number of hydrogen-bond acceptors (Lipinski definition) is 9. The highest BCUT2D eigenvalue weighted by Gasteiger charge is 2.35. The fraction of sp³-hybridized carbons (Fsp3) is 0.304. The summed E-state index contributed by atoms with van der Waals surface area (Å²) >= 11 is 0. The first-order chi connectivity index (χ1) is 15.7. The Morgan fingerprint density at radius 3 is 2.53 bits per heavy atom. The third kappa shape index (κ3) is 3.60. The third-order valence-corrected chi connectivity index (χ3v) is 5.80. The average Bonchev–Trinajstić information content (AvgIpc) is 3.25. The fourth-order valence-corrected chi connectivity index (χ4v) is 4.15. The van der Waals surface area contributed by atoms with E-state index in [4.69, 9.17) is 19.9 Å². The van der Waals surface area contributed by atoms with Crippen molar-refractivity contribution >= 4 is 27.8 Å². The average molecular weight is 432 g/mol. The Balaban J connectivity index is 1.44. The highest BCUT2D eigenvalue weighted by Crippen LogP contribution is 2.36. The van der Waals surface area contributed by atoms with Gasteiger partial charge < -0.3 is 24.8 Å². The summed E-state index contributed by atoms with van der Waals surface area (Å²) in [6, 6.07) is 11.5. The van der Waals surface area contributed by atoms with Crippen molar-refractivity contribution in [2.24, 2.45) is 11.7 Å². The van der Waals surface area contributed by atoms with Crippen LogP contribution in [0.4, 0.5) is 5.82 Å². The predicted molar refractivity (Wildman–Crippen MR) is 121 cm³/mol. The van der Waals surface area contributed by atoms with E-state index in [9.17, 15) is 0 Å². The summed E-state index contributed by atoms with van der Waals surface area (Å²) in [5, 5.41) is 0.882. The Hall–Kier alpha value is -3.72. The van der Waals surface area contributed by atoms with Gasteiger partial charge in [-0.05, 0) is 18.2 Å². The Kier molecular flexibility index (Phi) is 5.32. The van der Waals surface area contributed by atoms with Crippen LogP contribution < -0.4 is 24.8 Å². The minimum absolute atomic E-state index is 0.119. The Bertz CT molecular complexity index is 1270. The van der Waals surface area contributed by atoms with Crippen LogP contribution in [0.1, 0.15) is 0 Å². The Labute approximate surface area is 185 Å². The van der Waals surface area contributed by atoms with Crippen molar-refractivity contribution in [3.63, 3.8) is 0 Å². The lowest BCUT2D eigenvalue weighted by Gasteiger charge is -2.20. The maximum atomic E-state index is 6.25. The molecule has 2 unspecified atom stereocenters. The lowest BCUT2D eigenvalue weighted by Crippen LogP contribution is -2.31. The first-order valence-electron chi connectivity index (χ1n) is 10.4. The quantitative estimate of drug-likeness (QED) is 0.491. The molecule has 9 heteroatoms. The molecular formula is C23H24N6O3. The Morgan fingerprint density at radius 2 is 1.75 bits per heavy atom. The molecule has 4 aromatic rings. The van der Waals surface area contributed by atoms with Gasteiger partial charge in [0.15, 0.2) is 11.5 Å². The number of nitrogens with zero attached hydrogens (tertiary/aromatic N) is 5. The standard InChI is InChI=1S/C23H24N6O3/c1-30-19-7-15-18(8-20(19)31-2)26-13-27-23(15)29-11-14(9-24)21(12-29)32-22-10-25-16-5-3-4-6-17(16)28-22/h3-8,10,13-14,21H,9,11-12,24H2,1-2H3. The molecule has 3 heterocycles. The van der Waals surface area contributed by atoms with Crippen LogP contribution in [0.15, 0.2) is 48.9 Å². The molecule has 32 heavy (non-hydrogen) atoms. The van der Waals surface area contributed by atoms with Crippen LogP contribution in [-0.2, 0) is 0 Å². The molecule has 0 amide bonds. The number of rotatable bonds is 6. The van der Waals surface area contributed by atoms with E-state index < -0.39 is 0 Å². The number of para-hydroxylation sites is 2. The topological polar surface area (TPSA) is 109 Å². The summed E-state index contributed by atoms with van der Waals surface area (Å²) < 4.78 is 17.1. The lowest BCUT2D eigenvalue weighted by molar-refractivity contribution is 0.170. The molecule has 2 aromatic heterocycles. The summed E-state index contributed by atoms with van der Waals surface area (Å²) in [7, 11) is 3.22. The van der Waals surface area contributed by atoms with Crippen LogP contribution >= 0.6 is 0 Å². The van der Waals surface area contributed by atoms with E-state index in [1.807, 2.05) is 36.4 Å². The molecule has 0 spiro atoms. The number of nitrogens with two attached hydrogens (primary N) is 1. The Morgan fingerprint density at radius 1 is 0.969 bits per heavy atom. The molecular weight excluding hydrogens is 408 g/mol. The van der Waals surface area contributed by atoms with Gasteiger partial charge in [0.1, 0.15) is 18.2 Å². The zero-order valence-electron chi connectivity index (χ0n) is 17.9.